The van der Waals surface area contributed by atoms with E-state index in [9.17, 15) is 43.8 Å². The van der Waals surface area contributed by atoms with Gasteiger partial charge in [0.25, 0.3) is 0 Å². The van der Waals surface area contributed by atoms with Crippen LogP contribution in [0.3, 0.4) is 0 Å². The van der Waals surface area contributed by atoms with Gasteiger partial charge in [-0.15, -0.1) is 0 Å². The lowest BCUT2D eigenvalue weighted by Gasteiger charge is -2.40. The number of sulfonamides is 1. The van der Waals surface area contributed by atoms with E-state index in [1.165, 1.54) is 0 Å². The Morgan fingerprint density at radius 1 is 0.416 bits per heavy atom. The van der Waals surface area contributed by atoms with Crippen molar-refractivity contribution in [3.63, 3.8) is 0 Å². The van der Waals surface area contributed by atoms with Crippen molar-refractivity contribution in [3.05, 3.63) is 240 Å². The molecular formula is C95H99N11O6S. The van der Waals surface area contributed by atoms with Crippen molar-refractivity contribution >= 4 is 52.1 Å². The number of nitrogens with one attached hydrogen (secondary N) is 3. The highest BCUT2D eigenvalue weighted by Gasteiger charge is 2.51. The Labute approximate surface area is 665 Å². The predicted octanol–water partition coefficient (Wildman–Crippen LogP) is 17.4. The van der Waals surface area contributed by atoms with Crippen molar-refractivity contribution in [1.82, 2.24) is 35.3 Å². The number of nitriles is 4. The number of pyridine rings is 4. The van der Waals surface area contributed by atoms with Gasteiger partial charge in [0.15, 0.2) is 0 Å². The standard InChI is InChI=1S/2C24H25N3O.C24H24N2O2.C23H25N3O2S/c1-15-11-23-22(12-24(28)27-23)20(16(15)2)10-9-19-8-7-18(14-26-19)21-6-4-3-5-17(21)13-25;1-15-11-22-23(14-27-24(22)28)20(16(15)2)10-9-19-8-7-18(13-26-19)21-6-4-3-5-17(21)12-25;1-15-11-23-22(12-24(27)28-23)20(16(15)2)10-9-19-8-7-18(14-26-19)21-6-4-3-5-17(21)13-25;1-15-11-23-22(14-26-29(23,27)28)20(16(15)2)10-9-19-8-7-18(13-25-19)21-6-4-3-5-17(21)12-24/h3-10,14-16,20,22-23H,11-12H2,1-2H3,(H,27,28);3-10,13,15-16,20,22-23H,11,14H2,1-2H3,(H,27,28);3-10,14-16,20,22-23H,11-12H2,1-2H3;3-10,13,15-16,20,22-23,26H,11,14H2,1-2H3/b4*10-9+/t15-,16+,20-,22+,23-;15-,16+,20-,22-,23+;2*15-,16+,20-,22+,23-/m0000/s1. The molecule has 4 aliphatic carbocycles. The van der Waals surface area contributed by atoms with E-state index < -0.39 is 10.0 Å². The van der Waals surface area contributed by atoms with Gasteiger partial charge in [-0.05, 0) is 187 Å². The number of carbonyl (C=O) groups excluding carboxylic acids is 3. The van der Waals surface area contributed by atoms with Gasteiger partial charge in [-0.25, -0.2) is 13.1 Å². The van der Waals surface area contributed by atoms with E-state index in [1.807, 2.05) is 164 Å². The molecule has 0 bridgehead atoms. The number of rotatable bonds is 12. The Hall–Kier alpha value is -11.3. The molecule has 4 aliphatic heterocycles. The molecule has 576 valence electrons. The quantitative estimate of drug-likeness (QED) is 0.0960. The maximum atomic E-state index is 12.3. The Morgan fingerprint density at radius 3 is 1.18 bits per heavy atom. The second kappa shape index (κ2) is 35.6. The van der Waals surface area contributed by atoms with Crippen LogP contribution in [0.15, 0.2) is 195 Å². The van der Waals surface area contributed by atoms with E-state index in [4.69, 9.17) is 4.74 Å². The van der Waals surface area contributed by atoms with Crippen LogP contribution in [0.2, 0.25) is 0 Å². The van der Waals surface area contributed by atoms with E-state index in [2.05, 4.69) is 157 Å². The first-order chi connectivity index (χ1) is 54.6. The number of ether oxygens (including phenoxy) is 1. The lowest BCUT2D eigenvalue weighted by molar-refractivity contribution is -0.142. The van der Waals surface area contributed by atoms with Crippen LogP contribution in [0.1, 0.15) is 139 Å². The molecule has 8 aliphatic rings. The summed E-state index contributed by atoms with van der Waals surface area (Å²) in [5, 5.41) is 43.1. The number of carbonyl (C=O) groups is 3. The molecule has 2 amide bonds. The Balaban J connectivity index is 0.000000132. The summed E-state index contributed by atoms with van der Waals surface area (Å²) in [6.45, 7) is 19.3. The average Bonchev–Trinajstić information content (AvgIpc) is 1.64. The molecule has 4 aromatic heterocycles. The highest BCUT2D eigenvalue weighted by atomic mass is 32.2. The normalized spacial score (nSPS) is 29.7. The van der Waals surface area contributed by atoms with E-state index in [1.54, 1.807) is 12.3 Å². The predicted molar refractivity (Wildman–Crippen MR) is 442 cm³/mol. The van der Waals surface area contributed by atoms with E-state index in [0.29, 0.717) is 125 Å². The molecule has 16 rings (SSSR count). The van der Waals surface area contributed by atoms with Gasteiger partial charge in [0.1, 0.15) is 6.10 Å². The van der Waals surface area contributed by atoms with Crippen LogP contribution in [0, 0.1) is 146 Å². The van der Waals surface area contributed by atoms with Crippen molar-refractivity contribution in [2.75, 3.05) is 13.1 Å². The second-order valence-electron chi connectivity index (χ2n) is 32.6. The molecule has 17 nitrogen and oxygen atoms in total. The first-order valence-electron chi connectivity index (χ1n) is 39.9. The molecule has 4 aromatic carbocycles. The zero-order valence-corrected chi connectivity index (χ0v) is 66.2. The van der Waals surface area contributed by atoms with E-state index in [-0.39, 0.29) is 52.8 Å². The zero-order chi connectivity index (χ0) is 79.6. The Morgan fingerprint density at radius 2 is 0.779 bits per heavy atom. The third-order valence-corrected chi connectivity index (χ3v) is 28.1. The van der Waals surface area contributed by atoms with Gasteiger partial charge in [-0.3, -0.25) is 34.3 Å². The highest BCUT2D eigenvalue weighted by Crippen LogP contribution is 2.49. The van der Waals surface area contributed by atoms with Crippen LogP contribution < -0.4 is 15.4 Å². The monoisotopic (exact) mass is 1520 g/mol. The lowest BCUT2D eigenvalue weighted by atomic mass is 9.64. The van der Waals surface area contributed by atoms with E-state index in [0.717, 1.165) is 99.5 Å². The minimum absolute atomic E-state index is 0.0613. The van der Waals surface area contributed by atoms with Crippen molar-refractivity contribution in [2.45, 2.75) is 111 Å². The summed E-state index contributed by atoms with van der Waals surface area (Å²) in [7, 11) is -3.19. The molecule has 0 spiro atoms. The molecule has 4 saturated carbocycles. The number of hydrogen-bond acceptors (Lipinski definition) is 14. The SMILES string of the molecule is C[C@H]1[C@H](/C=C/c2ccc(-c3ccccc3C#N)cn2)[C@H]2CC(=O)N[C@H]2C[C@@H]1C.C[C@H]1[C@H](/C=C/c2ccc(-c3ccccc3C#N)cn2)[C@H]2CC(=O)O[C@H]2C[C@@H]1C.C[C@H]1[C@H](/C=C/c2ccc(-c3ccccc3C#N)cn2)[C@H]2CNC(=O)[C@H]2C[C@@H]1C.C[C@H]1[C@H](/C=C/c2ccc(-c3ccccc3C#N)cn2)[C@H]2CNS(=O)(=O)[C@H]2C[C@@H]1C. The zero-order valence-electron chi connectivity index (χ0n) is 65.4. The van der Waals surface area contributed by atoms with Crippen LogP contribution in [-0.2, 0) is 29.1 Å². The highest BCUT2D eigenvalue weighted by molar-refractivity contribution is 7.90. The van der Waals surface area contributed by atoms with Gasteiger partial charge in [0.2, 0.25) is 21.8 Å². The summed E-state index contributed by atoms with van der Waals surface area (Å²) in [6.07, 6.45) is 29.3. The summed E-state index contributed by atoms with van der Waals surface area (Å²) in [5.74, 6) is 6.99. The number of amides is 2. The fourth-order valence-corrected chi connectivity index (χ4v) is 20.8. The maximum absolute atomic E-state index is 12.3. The van der Waals surface area contributed by atoms with Crippen molar-refractivity contribution in [3.8, 4) is 68.8 Å². The average molecular weight is 1520 g/mol. The van der Waals surface area contributed by atoms with Gasteiger partial charge >= 0.3 is 5.97 Å². The fourth-order valence-electron chi connectivity index (χ4n) is 18.9. The molecule has 113 heavy (non-hydrogen) atoms. The van der Waals surface area contributed by atoms with Crippen LogP contribution in [0.25, 0.3) is 68.8 Å². The third-order valence-electron chi connectivity index (χ3n) is 26.2. The number of hydrogen-bond donors (Lipinski definition) is 3. The van der Waals surface area contributed by atoms with Crippen molar-refractivity contribution in [1.29, 1.82) is 21.0 Å². The van der Waals surface area contributed by atoms with Gasteiger partial charge in [0.05, 0.1) is 81.0 Å². The summed E-state index contributed by atoms with van der Waals surface area (Å²) in [5.41, 5.74) is 13.4. The maximum Gasteiger partial charge on any atom is 0.306 e. The topological polar surface area (TPSA) is 277 Å². The molecule has 20 atom stereocenters. The summed E-state index contributed by atoms with van der Waals surface area (Å²) >= 11 is 0. The van der Waals surface area contributed by atoms with Gasteiger partial charge in [-0.1, -0.05) is 177 Å². The number of allylic oxidation sites excluding steroid dienone is 4. The van der Waals surface area contributed by atoms with E-state index >= 15 is 0 Å². The molecule has 4 saturated heterocycles. The van der Waals surface area contributed by atoms with Crippen molar-refractivity contribution in [2.24, 2.45) is 101 Å². The molecule has 8 heterocycles. The largest absolute Gasteiger partial charge is 0.462 e. The first kappa shape index (κ1) is 79.8. The van der Waals surface area contributed by atoms with Crippen LogP contribution in [0.5, 0.6) is 0 Å². The molecular weight excluding hydrogens is 1420 g/mol. The molecule has 3 N–H and O–H groups in total. The number of aromatic nitrogens is 4. The minimum Gasteiger partial charge on any atom is -0.462 e. The molecule has 18 heteroatoms. The summed E-state index contributed by atoms with van der Waals surface area (Å²) in [6, 6.07) is 55.3. The molecule has 0 unspecified atom stereocenters. The molecule has 8 fully saturated rings. The van der Waals surface area contributed by atoms with Gasteiger partial charge < -0.3 is 15.4 Å². The second-order valence-corrected chi connectivity index (χ2v) is 34.6. The van der Waals surface area contributed by atoms with Gasteiger partial charge in [0, 0.05) is 107 Å². The number of nitrogens with zero attached hydrogens (tertiary/aromatic N) is 8. The molecule has 0 radical (unpaired) electrons. The van der Waals surface area contributed by atoms with Crippen LogP contribution in [0.4, 0.5) is 0 Å². The Bertz CT molecular complexity index is 4870. The first-order valence-corrected chi connectivity index (χ1v) is 41.5. The molecule has 8 aromatic rings. The fraction of sp³-hybridized carbons (Fsp3) is 0.379. The lowest BCUT2D eigenvalue weighted by Crippen LogP contribution is -2.42. The Kier molecular flexibility index (Phi) is 25.1. The smallest absolute Gasteiger partial charge is 0.306 e. The summed E-state index contributed by atoms with van der Waals surface area (Å²) in [4.78, 5) is 54.1. The van der Waals surface area contributed by atoms with Gasteiger partial charge in [-0.2, -0.15) is 21.0 Å². The third kappa shape index (κ3) is 18.0. The number of esters is 1. The van der Waals surface area contributed by atoms with Crippen LogP contribution >= 0.6 is 0 Å². The van der Waals surface area contributed by atoms with Crippen LogP contribution in [-0.4, -0.2) is 76.6 Å². The minimum atomic E-state index is -3.19. The van der Waals surface area contributed by atoms with Crippen molar-refractivity contribution < 1.29 is 27.5 Å². The summed E-state index contributed by atoms with van der Waals surface area (Å²) < 4.78 is 32.9. The number of benzene rings is 4. The number of fused-ring (bicyclic) bond motifs is 4.